The summed E-state index contributed by atoms with van der Waals surface area (Å²) in [5.41, 5.74) is 20.5. The second kappa shape index (κ2) is 5.11. The van der Waals surface area contributed by atoms with Crippen molar-refractivity contribution in [1.29, 1.82) is 0 Å². The lowest BCUT2D eigenvalue weighted by molar-refractivity contribution is 0.637. The van der Waals surface area contributed by atoms with Gasteiger partial charge >= 0.3 is 0 Å². The largest absolute Gasteiger partial charge is 0.384 e. The third-order valence-corrected chi connectivity index (χ3v) is 4.57. The van der Waals surface area contributed by atoms with Crippen molar-refractivity contribution in [3.63, 3.8) is 0 Å². The third-order valence-electron chi connectivity index (χ3n) is 4.57. The van der Waals surface area contributed by atoms with E-state index >= 15 is 0 Å². The number of aryl methyl sites for hydroxylation is 1. The molecule has 1 aliphatic heterocycles. The number of hydrogen-bond donors (Lipinski definition) is 5. The quantitative estimate of drug-likeness (QED) is 0.339. The second-order valence-corrected chi connectivity index (χ2v) is 6.55. The number of nitrogens with one attached hydrogen (secondary N) is 2. The number of benzene rings is 1. The van der Waals surface area contributed by atoms with Crippen molar-refractivity contribution < 1.29 is 0 Å². The zero-order chi connectivity index (χ0) is 18.8. The molecule has 0 saturated heterocycles. The molecule has 1 unspecified atom stereocenters. The number of rotatable bonds is 3. The summed E-state index contributed by atoms with van der Waals surface area (Å²) in [5.74, 6) is 1.81. The van der Waals surface area contributed by atoms with E-state index in [9.17, 15) is 0 Å². The SMILES string of the molecule is Cc1cn2c(n1)C(N)(Nc1c(-c3ccccc3)nc3cc(N)[nH]n13)C(N)=N2. The maximum absolute atomic E-state index is 6.63. The molecule has 1 aliphatic rings. The molecule has 136 valence electrons. The Kier molecular flexibility index (Phi) is 2.93. The first-order valence-corrected chi connectivity index (χ1v) is 8.36. The molecular weight excluding hydrogens is 344 g/mol. The molecule has 3 aromatic heterocycles. The van der Waals surface area contributed by atoms with Gasteiger partial charge in [0.1, 0.15) is 11.5 Å². The van der Waals surface area contributed by atoms with E-state index in [0.717, 1.165) is 11.3 Å². The smallest absolute Gasteiger partial charge is 0.209 e. The highest BCUT2D eigenvalue weighted by Gasteiger charge is 2.43. The lowest BCUT2D eigenvalue weighted by Gasteiger charge is -2.25. The van der Waals surface area contributed by atoms with Gasteiger partial charge in [0.25, 0.3) is 0 Å². The van der Waals surface area contributed by atoms with E-state index in [1.165, 1.54) is 0 Å². The Morgan fingerprint density at radius 2 is 1.93 bits per heavy atom. The van der Waals surface area contributed by atoms with Crippen molar-refractivity contribution in [2.45, 2.75) is 12.6 Å². The van der Waals surface area contributed by atoms with Crippen LogP contribution in [-0.4, -0.2) is 30.1 Å². The minimum Gasteiger partial charge on any atom is -0.384 e. The van der Waals surface area contributed by atoms with Crippen molar-refractivity contribution in [2.24, 2.45) is 16.6 Å². The van der Waals surface area contributed by atoms with Crippen LogP contribution in [0.15, 0.2) is 47.7 Å². The van der Waals surface area contributed by atoms with Crippen LogP contribution in [-0.2, 0) is 5.66 Å². The summed E-state index contributed by atoms with van der Waals surface area (Å²) < 4.78 is 3.32. The molecule has 0 fully saturated rings. The number of nitrogens with zero attached hydrogens (tertiary/aromatic N) is 5. The molecule has 10 heteroatoms. The lowest BCUT2D eigenvalue weighted by Crippen LogP contribution is -2.54. The van der Waals surface area contributed by atoms with Gasteiger partial charge in [0, 0.05) is 11.6 Å². The fourth-order valence-electron chi connectivity index (χ4n) is 3.31. The number of fused-ring (bicyclic) bond motifs is 2. The van der Waals surface area contributed by atoms with E-state index < -0.39 is 5.66 Å². The molecule has 4 heterocycles. The van der Waals surface area contributed by atoms with Crippen LogP contribution in [0.5, 0.6) is 0 Å². The number of H-pyrrole nitrogens is 1. The minimum absolute atomic E-state index is 0.207. The molecule has 0 aliphatic carbocycles. The van der Waals surface area contributed by atoms with Gasteiger partial charge in [-0.25, -0.2) is 19.2 Å². The van der Waals surface area contributed by atoms with Crippen molar-refractivity contribution >= 4 is 23.1 Å². The number of nitrogens with two attached hydrogens (primary N) is 3. The standard InChI is InChI=1S/C17H18N10/c1-9-8-26-16(21-9)17(20,15(19)25-26)23-14-13(10-5-3-2-4-6-10)22-12-7-11(18)24-27(12)14/h2-8,23-24H,18,20H2,1H3,(H2,19,25). The van der Waals surface area contributed by atoms with Gasteiger partial charge in [0.05, 0.1) is 11.9 Å². The molecule has 1 aromatic carbocycles. The van der Waals surface area contributed by atoms with Crippen LogP contribution < -0.4 is 22.5 Å². The Morgan fingerprint density at radius 3 is 2.70 bits per heavy atom. The molecule has 0 bridgehead atoms. The van der Waals surface area contributed by atoms with Gasteiger partial charge in [0.2, 0.25) is 5.66 Å². The van der Waals surface area contributed by atoms with Crippen molar-refractivity contribution in [2.75, 3.05) is 11.1 Å². The Hall–Kier alpha value is -3.79. The van der Waals surface area contributed by atoms with Crippen LogP contribution in [0.25, 0.3) is 16.9 Å². The molecule has 10 nitrogen and oxygen atoms in total. The van der Waals surface area contributed by atoms with Crippen LogP contribution in [0.4, 0.5) is 11.6 Å². The number of nitrogen functional groups attached to an aromatic ring is 1. The molecule has 27 heavy (non-hydrogen) atoms. The van der Waals surface area contributed by atoms with Crippen LogP contribution in [0.2, 0.25) is 0 Å². The highest BCUT2D eigenvalue weighted by molar-refractivity contribution is 5.95. The number of aromatic amines is 1. The Labute approximate surface area is 153 Å². The first-order chi connectivity index (χ1) is 13.0. The average Bonchev–Trinajstić information content (AvgIpc) is 3.33. The van der Waals surface area contributed by atoms with E-state index in [4.69, 9.17) is 17.2 Å². The Morgan fingerprint density at radius 1 is 1.15 bits per heavy atom. The summed E-state index contributed by atoms with van der Waals surface area (Å²) in [7, 11) is 0. The number of aromatic nitrogens is 5. The molecule has 8 N–H and O–H groups in total. The second-order valence-electron chi connectivity index (χ2n) is 6.55. The van der Waals surface area contributed by atoms with Crippen LogP contribution >= 0.6 is 0 Å². The topological polar surface area (TPSA) is 153 Å². The van der Waals surface area contributed by atoms with E-state index in [0.29, 0.717) is 28.8 Å². The third kappa shape index (κ3) is 2.13. The number of anilines is 2. The summed E-state index contributed by atoms with van der Waals surface area (Å²) in [6.07, 6.45) is 1.77. The van der Waals surface area contributed by atoms with Crippen molar-refractivity contribution in [3.8, 4) is 11.3 Å². The van der Waals surface area contributed by atoms with E-state index in [1.807, 2.05) is 37.3 Å². The summed E-state index contributed by atoms with van der Waals surface area (Å²) >= 11 is 0. The zero-order valence-corrected chi connectivity index (χ0v) is 14.5. The predicted octanol–water partition coefficient (Wildman–Crippen LogP) is 0.774. The predicted molar refractivity (Wildman–Crippen MR) is 103 cm³/mol. The van der Waals surface area contributed by atoms with Gasteiger partial charge in [-0.2, -0.15) is 0 Å². The number of imidazole rings is 2. The van der Waals surface area contributed by atoms with Gasteiger partial charge < -0.3 is 16.8 Å². The molecule has 0 amide bonds. The van der Waals surface area contributed by atoms with E-state index in [1.54, 1.807) is 21.5 Å². The monoisotopic (exact) mass is 362 g/mol. The number of hydrogen-bond acceptors (Lipinski definition) is 7. The maximum Gasteiger partial charge on any atom is 0.209 e. The van der Waals surface area contributed by atoms with Crippen molar-refractivity contribution in [3.05, 3.63) is 54.1 Å². The van der Waals surface area contributed by atoms with E-state index in [-0.39, 0.29) is 5.84 Å². The van der Waals surface area contributed by atoms with E-state index in [2.05, 4.69) is 25.5 Å². The molecule has 4 aromatic rings. The minimum atomic E-state index is -1.28. The molecule has 0 spiro atoms. The summed E-state index contributed by atoms with van der Waals surface area (Å²) in [5, 5.41) is 10.6. The van der Waals surface area contributed by atoms with Gasteiger partial charge in [-0.15, -0.1) is 5.10 Å². The normalized spacial score (nSPS) is 18.7. The van der Waals surface area contributed by atoms with Crippen molar-refractivity contribution in [1.82, 2.24) is 24.3 Å². The fraction of sp³-hybridized carbons (Fsp3) is 0.118. The van der Waals surface area contributed by atoms with Gasteiger partial charge in [0.15, 0.2) is 23.1 Å². The molecule has 0 radical (unpaired) electrons. The average molecular weight is 362 g/mol. The molecular formula is C17H18N10. The Bertz CT molecular complexity index is 1200. The highest BCUT2D eigenvalue weighted by Crippen LogP contribution is 2.34. The summed E-state index contributed by atoms with van der Waals surface area (Å²) in [6.45, 7) is 1.87. The molecule has 0 saturated carbocycles. The Balaban J connectivity index is 1.70. The zero-order valence-electron chi connectivity index (χ0n) is 14.5. The number of amidine groups is 1. The van der Waals surface area contributed by atoms with Crippen LogP contribution in [0.1, 0.15) is 11.5 Å². The van der Waals surface area contributed by atoms with Gasteiger partial charge in [-0.1, -0.05) is 30.3 Å². The molecule has 5 rings (SSSR count). The fourth-order valence-corrected chi connectivity index (χ4v) is 3.31. The molecule has 1 atom stereocenters. The summed E-state index contributed by atoms with van der Waals surface area (Å²) in [4.78, 5) is 9.17. The van der Waals surface area contributed by atoms with Gasteiger partial charge in [-0.05, 0) is 6.92 Å². The van der Waals surface area contributed by atoms with Crippen LogP contribution in [0, 0.1) is 6.92 Å². The maximum atomic E-state index is 6.63. The van der Waals surface area contributed by atoms with Gasteiger partial charge in [-0.3, -0.25) is 10.8 Å². The highest BCUT2D eigenvalue weighted by atomic mass is 15.5. The first kappa shape index (κ1) is 15.5. The summed E-state index contributed by atoms with van der Waals surface area (Å²) in [6, 6.07) is 11.5. The lowest BCUT2D eigenvalue weighted by atomic mass is 10.1. The van der Waals surface area contributed by atoms with Crippen LogP contribution in [0.3, 0.4) is 0 Å². The first-order valence-electron chi connectivity index (χ1n) is 8.36.